The molecule has 2 unspecified atom stereocenters. The van der Waals surface area contributed by atoms with Gasteiger partial charge in [-0.25, -0.2) is 0 Å². The Labute approximate surface area is 168 Å². The second kappa shape index (κ2) is 9.41. The summed E-state index contributed by atoms with van der Waals surface area (Å²) in [6.45, 7) is 11.1. The minimum absolute atomic E-state index is 0.0857. The van der Waals surface area contributed by atoms with E-state index in [2.05, 4.69) is 41.0 Å². The molecule has 3 heterocycles. The molecule has 3 rings (SSSR count). The lowest BCUT2D eigenvalue weighted by atomic mass is 10.0. The quantitative estimate of drug-likeness (QED) is 0.607. The number of nitrogens with one attached hydrogen (secondary N) is 1. The van der Waals surface area contributed by atoms with Crippen LogP contribution in [0.15, 0.2) is 17.4 Å². The lowest BCUT2D eigenvalue weighted by Gasteiger charge is -2.38. The summed E-state index contributed by atoms with van der Waals surface area (Å²) in [5, 5.41) is 7.55. The second-order valence-electron chi connectivity index (χ2n) is 7.97. The van der Waals surface area contributed by atoms with Crippen molar-refractivity contribution in [3.8, 4) is 0 Å². The van der Waals surface area contributed by atoms with E-state index >= 15 is 0 Å². The molecule has 0 spiro atoms. The molecule has 2 fully saturated rings. The van der Waals surface area contributed by atoms with Crippen molar-refractivity contribution in [2.24, 2.45) is 12.0 Å². The van der Waals surface area contributed by atoms with Gasteiger partial charge < -0.3 is 15.1 Å². The molecule has 2 aliphatic heterocycles. The van der Waals surface area contributed by atoms with Crippen molar-refractivity contribution < 1.29 is 4.79 Å². The van der Waals surface area contributed by atoms with Gasteiger partial charge in [-0.15, -0.1) is 0 Å². The van der Waals surface area contributed by atoms with Gasteiger partial charge in [-0.05, 0) is 40.2 Å². The van der Waals surface area contributed by atoms with E-state index in [4.69, 9.17) is 4.99 Å². The van der Waals surface area contributed by atoms with Crippen molar-refractivity contribution in [1.29, 1.82) is 0 Å². The largest absolute Gasteiger partial charge is 0.357 e. The summed E-state index contributed by atoms with van der Waals surface area (Å²) < 4.78 is 1.73. The van der Waals surface area contributed by atoms with Crippen LogP contribution >= 0.6 is 0 Å². The van der Waals surface area contributed by atoms with Crippen molar-refractivity contribution in [3.63, 3.8) is 0 Å². The first-order valence-electron chi connectivity index (χ1n) is 10.6. The molecule has 2 atom stereocenters. The third-order valence-electron chi connectivity index (χ3n) is 5.78. The van der Waals surface area contributed by atoms with Gasteiger partial charge in [0.1, 0.15) is 6.54 Å². The Balaban J connectivity index is 1.62. The number of aryl methyl sites for hydroxylation is 1. The number of likely N-dealkylation sites (tertiary alicyclic amines) is 1. The molecule has 1 aromatic rings. The molecule has 1 aromatic heterocycles. The van der Waals surface area contributed by atoms with Crippen LogP contribution in [0.4, 0.5) is 5.69 Å². The zero-order chi connectivity index (χ0) is 20.1. The number of piperazine rings is 1. The molecule has 0 aliphatic carbocycles. The Hall–Kier alpha value is -2.09. The molecule has 0 radical (unpaired) electrons. The number of aliphatic imine (C=N–C) groups is 1. The molecule has 2 aliphatic rings. The normalized spacial score (nSPS) is 23.2. The van der Waals surface area contributed by atoms with Crippen LogP contribution in [0.3, 0.4) is 0 Å². The number of hydrogen-bond acceptors (Lipinski definition) is 4. The van der Waals surface area contributed by atoms with E-state index in [9.17, 15) is 4.79 Å². The maximum absolute atomic E-state index is 12.7. The lowest BCUT2D eigenvalue weighted by molar-refractivity contribution is -0.120. The lowest BCUT2D eigenvalue weighted by Crippen LogP contribution is -2.55. The van der Waals surface area contributed by atoms with Crippen LogP contribution in [0, 0.1) is 0 Å². The van der Waals surface area contributed by atoms with E-state index in [1.807, 2.05) is 18.1 Å². The van der Waals surface area contributed by atoms with E-state index in [0.29, 0.717) is 25.2 Å². The summed E-state index contributed by atoms with van der Waals surface area (Å²) in [6.07, 6.45) is 7.52. The van der Waals surface area contributed by atoms with Gasteiger partial charge >= 0.3 is 0 Å². The summed E-state index contributed by atoms with van der Waals surface area (Å²) in [5.74, 6) is 0.931. The SMILES string of the molecule is CCNC(=NCC(C)N1CCCCC1C)N1CCN(c2cnn(C)c2)C(=O)C1. The topological polar surface area (TPSA) is 69.0 Å². The van der Waals surface area contributed by atoms with E-state index in [1.54, 1.807) is 10.9 Å². The van der Waals surface area contributed by atoms with Crippen LogP contribution in [0.2, 0.25) is 0 Å². The molecule has 156 valence electrons. The van der Waals surface area contributed by atoms with Gasteiger partial charge in [0.25, 0.3) is 0 Å². The average Bonchev–Trinajstić information content (AvgIpc) is 3.11. The smallest absolute Gasteiger partial charge is 0.246 e. The van der Waals surface area contributed by atoms with Crippen LogP contribution in [-0.2, 0) is 11.8 Å². The Morgan fingerprint density at radius 3 is 2.82 bits per heavy atom. The highest BCUT2D eigenvalue weighted by Gasteiger charge is 2.28. The fourth-order valence-electron chi connectivity index (χ4n) is 4.20. The Bertz CT molecular complexity index is 686. The summed E-state index contributed by atoms with van der Waals surface area (Å²) in [4.78, 5) is 24.0. The van der Waals surface area contributed by atoms with Gasteiger partial charge in [-0.2, -0.15) is 5.10 Å². The number of rotatable bonds is 5. The zero-order valence-corrected chi connectivity index (χ0v) is 17.8. The highest BCUT2D eigenvalue weighted by molar-refractivity contribution is 5.98. The van der Waals surface area contributed by atoms with Gasteiger partial charge in [0.2, 0.25) is 5.91 Å². The van der Waals surface area contributed by atoms with Crippen LogP contribution in [-0.4, -0.2) is 82.8 Å². The summed E-state index contributed by atoms with van der Waals surface area (Å²) >= 11 is 0. The van der Waals surface area contributed by atoms with Gasteiger partial charge in [0.05, 0.1) is 18.4 Å². The van der Waals surface area contributed by atoms with Crippen molar-refractivity contribution in [2.75, 3.05) is 44.2 Å². The minimum atomic E-state index is 0.0857. The number of carbonyl (C=O) groups is 1. The van der Waals surface area contributed by atoms with Crippen LogP contribution < -0.4 is 10.2 Å². The summed E-state index contributed by atoms with van der Waals surface area (Å²) in [7, 11) is 1.87. The number of piperidine rings is 1. The van der Waals surface area contributed by atoms with Crippen molar-refractivity contribution in [3.05, 3.63) is 12.4 Å². The molecular formula is C20H35N7O. The molecule has 8 nitrogen and oxygen atoms in total. The Kier molecular flexibility index (Phi) is 6.93. The number of nitrogens with zero attached hydrogens (tertiary/aromatic N) is 6. The maximum Gasteiger partial charge on any atom is 0.246 e. The third kappa shape index (κ3) is 4.84. The van der Waals surface area contributed by atoms with Crippen LogP contribution in [0.1, 0.15) is 40.0 Å². The van der Waals surface area contributed by atoms with Gasteiger partial charge in [0, 0.05) is 45.0 Å². The van der Waals surface area contributed by atoms with Crippen molar-refractivity contribution >= 4 is 17.6 Å². The second-order valence-corrected chi connectivity index (χ2v) is 7.97. The van der Waals surface area contributed by atoms with Gasteiger partial charge in [-0.3, -0.25) is 19.4 Å². The molecule has 8 heteroatoms. The van der Waals surface area contributed by atoms with E-state index in [1.165, 1.54) is 19.3 Å². The van der Waals surface area contributed by atoms with E-state index in [-0.39, 0.29) is 5.91 Å². The first-order chi connectivity index (χ1) is 13.5. The predicted molar refractivity (Wildman–Crippen MR) is 113 cm³/mol. The molecule has 0 saturated carbocycles. The molecule has 1 amide bonds. The number of aromatic nitrogens is 2. The van der Waals surface area contributed by atoms with Gasteiger partial charge in [0.15, 0.2) is 5.96 Å². The first kappa shape index (κ1) is 20.6. The zero-order valence-electron chi connectivity index (χ0n) is 17.8. The highest BCUT2D eigenvalue weighted by Crippen LogP contribution is 2.19. The van der Waals surface area contributed by atoms with Crippen molar-refractivity contribution in [2.45, 2.75) is 52.1 Å². The number of carbonyl (C=O) groups excluding carboxylic acids is 1. The molecule has 0 aromatic carbocycles. The monoisotopic (exact) mass is 389 g/mol. The van der Waals surface area contributed by atoms with Crippen LogP contribution in [0.25, 0.3) is 0 Å². The molecule has 1 N–H and O–H groups in total. The fourth-order valence-corrected chi connectivity index (χ4v) is 4.20. The number of guanidine groups is 1. The molecule has 2 saturated heterocycles. The predicted octanol–water partition coefficient (Wildman–Crippen LogP) is 1.30. The minimum Gasteiger partial charge on any atom is -0.357 e. The van der Waals surface area contributed by atoms with Crippen molar-refractivity contribution in [1.82, 2.24) is 24.9 Å². The first-order valence-corrected chi connectivity index (χ1v) is 10.6. The third-order valence-corrected chi connectivity index (χ3v) is 5.78. The number of amides is 1. The molecule has 0 bridgehead atoms. The molecular weight excluding hydrogens is 354 g/mol. The standard InChI is InChI=1S/C20H35N7O/c1-5-21-20(22-12-17(3)26-9-7-6-8-16(26)2)25-10-11-27(19(28)15-25)18-13-23-24(4)14-18/h13-14,16-17H,5-12,15H2,1-4H3,(H,21,22). The Morgan fingerprint density at radius 2 is 2.18 bits per heavy atom. The Morgan fingerprint density at radius 1 is 1.36 bits per heavy atom. The molecule has 28 heavy (non-hydrogen) atoms. The van der Waals surface area contributed by atoms with E-state index < -0.39 is 0 Å². The fraction of sp³-hybridized carbons (Fsp3) is 0.750. The summed E-state index contributed by atoms with van der Waals surface area (Å²) in [6, 6.07) is 1.04. The number of anilines is 1. The average molecular weight is 390 g/mol. The maximum atomic E-state index is 12.7. The van der Waals surface area contributed by atoms with Gasteiger partial charge in [-0.1, -0.05) is 6.42 Å². The highest BCUT2D eigenvalue weighted by atomic mass is 16.2. The van der Waals surface area contributed by atoms with Crippen LogP contribution in [0.5, 0.6) is 0 Å². The van der Waals surface area contributed by atoms with E-state index in [0.717, 1.165) is 37.8 Å². The number of hydrogen-bond donors (Lipinski definition) is 1. The summed E-state index contributed by atoms with van der Waals surface area (Å²) in [5.41, 5.74) is 0.863.